The van der Waals surface area contributed by atoms with Crippen LogP contribution in [0.1, 0.15) is 126 Å². The highest BCUT2D eigenvalue weighted by molar-refractivity contribution is 8.00. The number of likely N-dealkylation sites (tertiary alicyclic amines) is 1. The van der Waals surface area contributed by atoms with E-state index < -0.39 is 70.0 Å². The molecule has 51 heavy (non-hydrogen) atoms. The van der Waals surface area contributed by atoms with Gasteiger partial charge in [-0.1, -0.05) is 70.9 Å². The number of primary amides is 1. The number of carbonyl (C=O) groups excluding carboxylic acids is 6. The third-order valence-corrected chi connectivity index (χ3v) is 11.2. The van der Waals surface area contributed by atoms with Crippen molar-refractivity contribution in [1.82, 2.24) is 20.9 Å². The molecule has 0 aromatic rings. The molecule has 1 aliphatic heterocycles. The number of allylic oxidation sites excluding steroid dienone is 1. The van der Waals surface area contributed by atoms with E-state index in [2.05, 4.69) is 16.0 Å². The lowest BCUT2D eigenvalue weighted by atomic mass is 9.82. The van der Waals surface area contributed by atoms with Gasteiger partial charge in [0.25, 0.3) is 11.7 Å². The number of thioether (sulfide) groups is 1. The van der Waals surface area contributed by atoms with Crippen LogP contribution >= 0.6 is 11.8 Å². The van der Waals surface area contributed by atoms with E-state index in [1.165, 1.54) is 35.9 Å². The molecule has 2 saturated carbocycles. The predicted molar refractivity (Wildman–Crippen MR) is 199 cm³/mol. The Balaban J connectivity index is 1.85. The van der Waals surface area contributed by atoms with Crippen molar-refractivity contribution < 1.29 is 33.5 Å². The first-order chi connectivity index (χ1) is 23.8. The van der Waals surface area contributed by atoms with Crippen LogP contribution in [0.3, 0.4) is 0 Å². The summed E-state index contributed by atoms with van der Waals surface area (Å²) in [6, 6.07) is -3.54. The molecule has 3 aliphatic rings. The van der Waals surface area contributed by atoms with Crippen LogP contribution in [0, 0.1) is 23.2 Å². The summed E-state index contributed by atoms with van der Waals surface area (Å²) in [7, 11) is 0. The number of ether oxygens (including phenoxy) is 1. The van der Waals surface area contributed by atoms with E-state index in [1.54, 1.807) is 20.8 Å². The smallest absolute Gasteiger partial charge is 0.329 e. The van der Waals surface area contributed by atoms with Gasteiger partial charge >= 0.3 is 12.0 Å². The second-order valence-electron chi connectivity index (χ2n) is 17.0. The van der Waals surface area contributed by atoms with Gasteiger partial charge in [-0.05, 0) is 95.6 Å². The molecule has 3 fully saturated rings. The van der Waals surface area contributed by atoms with Gasteiger partial charge in [0.1, 0.15) is 29.1 Å². The Morgan fingerprint density at radius 2 is 1.55 bits per heavy atom. The number of carbonyl (C=O) groups is 6. The lowest BCUT2D eigenvalue weighted by molar-refractivity contribution is -0.160. The summed E-state index contributed by atoms with van der Waals surface area (Å²) < 4.78 is 5.61. The van der Waals surface area contributed by atoms with Crippen molar-refractivity contribution in [2.75, 3.05) is 12.3 Å². The number of hydrogen-bond donors (Lipinski definition) is 4. The van der Waals surface area contributed by atoms with E-state index in [0.29, 0.717) is 18.1 Å². The summed E-state index contributed by atoms with van der Waals surface area (Å²) in [5.74, 6) is -2.54. The third kappa shape index (κ3) is 13.1. The molecule has 0 bridgehead atoms. The zero-order valence-corrected chi connectivity index (χ0v) is 32.9. The SMILES string of the molecule is CC(C)=C[C@@H]1C[C@@H](C(=O)NC(SCCCC2CCC2)C(=O)C(N)=O)N(C(=O)[C@@H](NC(=O)N[C@@H](C(=O)OC(C)(C)C)C(C)(C)C)C2CCCCC2)C1. The van der Waals surface area contributed by atoms with Gasteiger partial charge < -0.3 is 31.3 Å². The van der Waals surface area contributed by atoms with Crippen molar-refractivity contribution in [3.8, 4) is 0 Å². The zero-order chi connectivity index (χ0) is 38.1. The highest BCUT2D eigenvalue weighted by Crippen LogP contribution is 2.33. The van der Waals surface area contributed by atoms with Gasteiger partial charge in [0, 0.05) is 6.54 Å². The minimum atomic E-state index is -1.16. The quantitative estimate of drug-likeness (QED) is 0.0599. The molecule has 2 aliphatic carbocycles. The number of hydrogen-bond acceptors (Lipinski definition) is 8. The summed E-state index contributed by atoms with van der Waals surface area (Å²) in [4.78, 5) is 81.8. The standard InChI is InChI=1S/C38H63N5O7S/c1-23(2)20-25-21-27(32(46)42-33(29(44)31(39)45)51-19-13-16-24-14-12-15-24)43(22-25)34(47)28(26-17-10-9-11-18-26)40-36(49)41-30(37(3,4)5)35(48)50-38(6,7)8/h20,24-28,30,33H,9-19,21-22H2,1-8H3,(H2,39,45)(H,42,46)(H2,40,41,49)/t25-,27+,28+,30+,33?/m1/s1. The lowest BCUT2D eigenvalue weighted by Crippen LogP contribution is -2.61. The number of amides is 5. The van der Waals surface area contributed by atoms with Gasteiger partial charge in [-0.3, -0.25) is 19.2 Å². The van der Waals surface area contributed by atoms with Crippen molar-refractivity contribution in [2.24, 2.45) is 28.9 Å². The van der Waals surface area contributed by atoms with E-state index in [4.69, 9.17) is 10.5 Å². The van der Waals surface area contributed by atoms with Crippen molar-refractivity contribution in [3.63, 3.8) is 0 Å². The number of esters is 1. The number of urea groups is 1. The van der Waals surface area contributed by atoms with Crippen LogP contribution in [0.15, 0.2) is 11.6 Å². The van der Waals surface area contributed by atoms with Crippen LogP contribution in [0.5, 0.6) is 0 Å². The van der Waals surface area contributed by atoms with E-state index >= 15 is 0 Å². The minimum absolute atomic E-state index is 0.131. The maximum absolute atomic E-state index is 14.6. The molecular formula is C38H63N5O7S. The molecule has 5 N–H and O–H groups in total. The third-order valence-electron chi connectivity index (χ3n) is 9.97. The molecule has 288 valence electrons. The van der Waals surface area contributed by atoms with E-state index in [9.17, 15) is 28.8 Å². The van der Waals surface area contributed by atoms with Crippen LogP contribution in [0.25, 0.3) is 0 Å². The Morgan fingerprint density at radius 1 is 0.902 bits per heavy atom. The Kier molecular flexibility index (Phi) is 15.4. The summed E-state index contributed by atoms with van der Waals surface area (Å²) in [5.41, 5.74) is 4.97. The maximum Gasteiger partial charge on any atom is 0.329 e. The maximum atomic E-state index is 14.6. The fraction of sp³-hybridized carbons (Fsp3) is 0.789. The number of nitrogens with two attached hydrogens (primary N) is 1. The van der Waals surface area contributed by atoms with Crippen molar-refractivity contribution in [2.45, 2.75) is 155 Å². The first-order valence-corrected chi connectivity index (χ1v) is 19.8. The fourth-order valence-corrected chi connectivity index (χ4v) is 8.21. The Labute approximate surface area is 308 Å². The number of nitrogens with zero attached hydrogens (tertiary/aromatic N) is 1. The van der Waals surface area contributed by atoms with Crippen LogP contribution < -0.4 is 21.7 Å². The van der Waals surface area contributed by atoms with Crippen LogP contribution in [-0.2, 0) is 28.7 Å². The highest BCUT2D eigenvalue weighted by Gasteiger charge is 2.45. The fourth-order valence-electron chi connectivity index (χ4n) is 7.18. The number of rotatable bonds is 15. The second-order valence-corrected chi connectivity index (χ2v) is 18.2. The topological polar surface area (TPSA) is 177 Å². The van der Waals surface area contributed by atoms with Crippen molar-refractivity contribution >= 4 is 47.3 Å². The molecule has 0 aromatic carbocycles. The second kappa shape index (κ2) is 18.6. The predicted octanol–water partition coefficient (Wildman–Crippen LogP) is 4.98. The molecule has 1 unspecified atom stereocenters. The lowest BCUT2D eigenvalue weighted by Gasteiger charge is -2.36. The van der Waals surface area contributed by atoms with Gasteiger partial charge in [0.15, 0.2) is 0 Å². The van der Waals surface area contributed by atoms with Crippen LogP contribution in [0.4, 0.5) is 4.79 Å². The Bertz CT molecular complexity index is 1290. The summed E-state index contributed by atoms with van der Waals surface area (Å²) >= 11 is 1.19. The molecule has 0 aromatic heterocycles. The largest absolute Gasteiger partial charge is 0.458 e. The van der Waals surface area contributed by atoms with Gasteiger partial charge in [-0.25, -0.2) is 9.59 Å². The molecular weight excluding hydrogens is 671 g/mol. The van der Waals surface area contributed by atoms with E-state index in [1.807, 2.05) is 40.7 Å². The summed E-state index contributed by atoms with van der Waals surface area (Å²) in [6.07, 6.45) is 12.2. The first kappa shape index (κ1) is 42.3. The monoisotopic (exact) mass is 733 g/mol. The zero-order valence-electron chi connectivity index (χ0n) is 32.1. The molecule has 13 heteroatoms. The van der Waals surface area contributed by atoms with Gasteiger partial charge in [-0.2, -0.15) is 0 Å². The molecule has 0 spiro atoms. The first-order valence-electron chi connectivity index (χ1n) is 18.8. The molecule has 1 heterocycles. The Morgan fingerprint density at radius 3 is 2.08 bits per heavy atom. The molecule has 0 radical (unpaired) electrons. The molecule has 1 saturated heterocycles. The average molecular weight is 734 g/mol. The van der Waals surface area contributed by atoms with E-state index in [-0.39, 0.29) is 18.4 Å². The van der Waals surface area contributed by atoms with Gasteiger partial charge in [0.05, 0.1) is 0 Å². The van der Waals surface area contributed by atoms with Crippen LogP contribution in [-0.4, -0.2) is 81.8 Å². The van der Waals surface area contributed by atoms with E-state index in [0.717, 1.165) is 50.5 Å². The van der Waals surface area contributed by atoms with Crippen LogP contribution in [0.2, 0.25) is 0 Å². The molecule has 12 nitrogen and oxygen atoms in total. The summed E-state index contributed by atoms with van der Waals surface area (Å²) in [5, 5.41) is 7.29. The molecule has 5 amide bonds. The van der Waals surface area contributed by atoms with Gasteiger partial charge in [-0.15, -0.1) is 11.8 Å². The highest BCUT2D eigenvalue weighted by atomic mass is 32.2. The molecule has 5 atom stereocenters. The average Bonchev–Trinajstić information content (AvgIpc) is 3.42. The molecule has 3 rings (SSSR count). The number of nitrogens with one attached hydrogen (secondary N) is 3. The number of ketones is 1. The van der Waals surface area contributed by atoms with Gasteiger partial charge in [0.2, 0.25) is 11.8 Å². The Hall–Kier alpha value is -3.09. The normalized spacial score (nSPS) is 21.8. The summed E-state index contributed by atoms with van der Waals surface area (Å²) in [6.45, 7) is 14.9. The number of Topliss-reactive ketones (excluding diaryl/α,β-unsaturated/α-hetero) is 1. The van der Waals surface area contributed by atoms with Crippen molar-refractivity contribution in [1.29, 1.82) is 0 Å². The minimum Gasteiger partial charge on any atom is -0.458 e. The van der Waals surface area contributed by atoms with Crippen molar-refractivity contribution in [3.05, 3.63) is 11.6 Å².